The van der Waals surface area contributed by atoms with Crippen molar-refractivity contribution in [3.63, 3.8) is 0 Å². The third kappa shape index (κ3) is 2.87. The van der Waals surface area contributed by atoms with Crippen LogP contribution in [-0.2, 0) is 9.59 Å². The fraction of sp³-hybridized carbons (Fsp3) is 0.176. The first-order valence-electron chi connectivity index (χ1n) is 7.06. The van der Waals surface area contributed by atoms with E-state index in [1.165, 1.54) is 6.92 Å². The lowest BCUT2D eigenvalue weighted by molar-refractivity contribution is -0.143. The maximum absolute atomic E-state index is 12.5. The summed E-state index contributed by atoms with van der Waals surface area (Å²) in [5.41, 5.74) is 0.459. The Morgan fingerprint density at radius 1 is 1.22 bits per heavy atom. The summed E-state index contributed by atoms with van der Waals surface area (Å²) in [6.45, 7) is 3.38. The van der Waals surface area contributed by atoms with E-state index < -0.39 is 17.4 Å². The van der Waals surface area contributed by atoms with E-state index in [-0.39, 0.29) is 0 Å². The molecular formula is C17H15ClN2O3. The molecule has 1 aliphatic rings. The van der Waals surface area contributed by atoms with Crippen LogP contribution in [0, 0.1) is 6.92 Å². The SMILES string of the molecule is Cc1ccc(NC(=O)C2(C)Oc3ccc(Cl)cc3NC2=O)cc1. The number of halogens is 1. The van der Waals surface area contributed by atoms with Gasteiger partial charge in [0.25, 0.3) is 17.4 Å². The number of nitrogens with one attached hydrogen (secondary N) is 2. The molecular weight excluding hydrogens is 316 g/mol. The van der Waals surface area contributed by atoms with Crippen molar-refractivity contribution >= 4 is 34.8 Å². The van der Waals surface area contributed by atoms with Crippen LogP contribution in [0.4, 0.5) is 11.4 Å². The molecule has 0 radical (unpaired) electrons. The van der Waals surface area contributed by atoms with Crippen molar-refractivity contribution < 1.29 is 14.3 Å². The number of benzene rings is 2. The average molecular weight is 331 g/mol. The largest absolute Gasteiger partial charge is 0.466 e. The van der Waals surface area contributed by atoms with E-state index >= 15 is 0 Å². The molecule has 5 nitrogen and oxygen atoms in total. The Bertz CT molecular complexity index is 789. The van der Waals surface area contributed by atoms with Crippen LogP contribution >= 0.6 is 11.6 Å². The topological polar surface area (TPSA) is 67.4 Å². The number of ether oxygens (including phenoxy) is 1. The van der Waals surface area contributed by atoms with Crippen molar-refractivity contribution in [3.8, 4) is 5.75 Å². The van der Waals surface area contributed by atoms with Gasteiger partial charge in [0, 0.05) is 10.7 Å². The molecule has 2 aromatic rings. The molecule has 2 amide bonds. The summed E-state index contributed by atoms with van der Waals surface area (Å²) in [6.07, 6.45) is 0. The van der Waals surface area contributed by atoms with Gasteiger partial charge in [-0.2, -0.15) is 0 Å². The van der Waals surface area contributed by atoms with Crippen molar-refractivity contribution in [1.82, 2.24) is 0 Å². The number of hydrogen-bond donors (Lipinski definition) is 2. The number of rotatable bonds is 2. The molecule has 2 aromatic carbocycles. The zero-order valence-corrected chi connectivity index (χ0v) is 13.4. The quantitative estimate of drug-likeness (QED) is 0.829. The molecule has 0 aromatic heterocycles. The lowest BCUT2D eigenvalue weighted by Gasteiger charge is -2.33. The Balaban J connectivity index is 1.85. The van der Waals surface area contributed by atoms with Crippen molar-refractivity contribution in [2.45, 2.75) is 19.4 Å². The minimum Gasteiger partial charge on any atom is -0.466 e. The Morgan fingerprint density at radius 2 is 1.91 bits per heavy atom. The second kappa shape index (κ2) is 5.59. The third-order valence-electron chi connectivity index (χ3n) is 3.68. The first-order chi connectivity index (χ1) is 10.9. The minimum atomic E-state index is -1.66. The van der Waals surface area contributed by atoms with E-state index in [0.717, 1.165) is 5.56 Å². The highest BCUT2D eigenvalue weighted by molar-refractivity contribution is 6.31. The highest BCUT2D eigenvalue weighted by Gasteiger charge is 2.47. The molecule has 0 fully saturated rings. The van der Waals surface area contributed by atoms with Crippen molar-refractivity contribution in [2.24, 2.45) is 0 Å². The van der Waals surface area contributed by atoms with Gasteiger partial charge in [0.1, 0.15) is 5.75 Å². The van der Waals surface area contributed by atoms with Gasteiger partial charge in [-0.15, -0.1) is 0 Å². The number of carbonyl (C=O) groups is 2. The van der Waals surface area contributed by atoms with Crippen molar-refractivity contribution in [1.29, 1.82) is 0 Å². The maximum atomic E-state index is 12.5. The Morgan fingerprint density at radius 3 is 2.61 bits per heavy atom. The van der Waals surface area contributed by atoms with Crippen molar-refractivity contribution in [3.05, 3.63) is 53.1 Å². The average Bonchev–Trinajstić information content (AvgIpc) is 2.51. The molecule has 23 heavy (non-hydrogen) atoms. The minimum absolute atomic E-state index is 0.399. The summed E-state index contributed by atoms with van der Waals surface area (Å²) in [5.74, 6) is -0.688. The number of hydrogen-bond acceptors (Lipinski definition) is 3. The summed E-state index contributed by atoms with van der Waals surface area (Å²) >= 11 is 5.89. The molecule has 6 heteroatoms. The van der Waals surface area contributed by atoms with E-state index in [1.807, 2.05) is 19.1 Å². The first-order valence-corrected chi connectivity index (χ1v) is 7.44. The number of fused-ring (bicyclic) bond motifs is 1. The normalized spacial score (nSPS) is 19.3. The summed E-state index contributed by atoms with van der Waals surface area (Å²) in [5, 5.41) is 5.83. The molecule has 1 aliphatic heterocycles. The Kier molecular flexibility index (Phi) is 3.74. The second-order valence-electron chi connectivity index (χ2n) is 5.55. The van der Waals surface area contributed by atoms with Gasteiger partial charge < -0.3 is 15.4 Å². The molecule has 0 saturated carbocycles. The molecule has 118 valence electrons. The lowest BCUT2D eigenvalue weighted by Crippen LogP contribution is -2.56. The van der Waals surface area contributed by atoms with E-state index in [4.69, 9.17) is 16.3 Å². The number of amides is 2. The molecule has 0 spiro atoms. The zero-order valence-electron chi connectivity index (χ0n) is 12.6. The maximum Gasteiger partial charge on any atom is 0.278 e. The first kappa shape index (κ1) is 15.4. The predicted molar refractivity (Wildman–Crippen MR) is 88.9 cm³/mol. The second-order valence-corrected chi connectivity index (χ2v) is 5.99. The van der Waals surface area contributed by atoms with E-state index in [9.17, 15) is 9.59 Å². The fourth-order valence-corrected chi connectivity index (χ4v) is 2.41. The smallest absolute Gasteiger partial charge is 0.278 e. The molecule has 3 rings (SSSR count). The monoisotopic (exact) mass is 330 g/mol. The number of aryl methyl sites for hydroxylation is 1. The number of carbonyl (C=O) groups excluding carboxylic acids is 2. The summed E-state index contributed by atoms with van der Waals surface area (Å²) < 4.78 is 5.66. The Labute approximate surface area is 138 Å². The lowest BCUT2D eigenvalue weighted by atomic mass is 10.0. The van der Waals surface area contributed by atoms with Crippen molar-refractivity contribution in [2.75, 3.05) is 10.6 Å². The van der Waals surface area contributed by atoms with Gasteiger partial charge in [0.05, 0.1) is 5.69 Å². The van der Waals surface area contributed by atoms with Crippen LogP contribution in [0.2, 0.25) is 5.02 Å². The highest BCUT2D eigenvalue weighted by atomic mass is 35.5. The Hall–Kier alpha value is -2.53. The third-order valence-corrected chi connectivity index (χ3v) is 3.92. The van der Waals surface area contributed by atoms with Crippen LogP contribution in [0.3, 0.4) is 0 Å². The molecule has 1 heterocycles. The molecule has 0 aliphatic carbocycles. The standard InChI is InChI=1S/C17H15ClN2O3/c1-10-3-6-12(7-4-10)19-15(21)17(2)16(22)20-13-9-11(18)5-8-14(13)23-17/h3-9H,1-2H3,(H,19,21)(H,20,22). The van der Waals surface area contributed by atoms with Crippen LogP contribution in [0.1, 0.15) is 12.5 Å². The number of anilines is 2. The highest BCUT2D eigenvalue weighted by Crippen LogP contribution is 2.36. The summed E-state index contributed by atoms with van der Waals surface area (Å²) in [4.78, 5) is 24.9. The van der Waals surface area contributed by atoms with Gasteiger partial charge in [-0.3, -0.25) is 9.59 Å². The van der Waals surface area contributed by atoms with Gasteiger partial charge in [-0.25, -0.2) is 0 Å². The molecule has 1 atom stereocenters. The van der Waals surface area contributed by atoms with E-state index in [0.29, 0.717) is 22.1 Å². The predicted octanol–water partition coefficient (Wildman–Crippen LogP) is 3.38. The van der Waals surface area contributed by atoms with Crippen LogP contribution in [0.25, 0.3) is 0 Å². The molecule has 1 unspecified atom stereocenters. The van der Waals surface area contributed by atoms with Crippen LogP contribution in [0.5, 0.6) is 5.75 Å². The van der Waals surface area contributed by atoms with Gasteiger partial charge in [-0.05, 0) is 44.2 Å². The fourth-order valence-electron chi connectivity index (χ4n) is 2.23. The molecule has 0 bridgehead atoms. The van der Waals surface area contributed by atoms with Gasteiger partial charge >= 0.3 is 0 Å². The van der Waals surface area contributed by atoms with Gasteiger partial charge in [-0.1, -0.05) is 29.3 Å². The van der Waals surface area contributed by atoms with E-state index in [1.54, 1.807) is 30.3 Å². The van der Waals surface area contributed by atoms with Gasteiger partial charge in [0.15, 0.2) is 0 Å². The van der Waals surface area contributed by atoms with Crippen LogP contribution < -0.4 is 15.4 Å². The molecule has 0 saturated heterocycles. The van der Waals surface area contributed by atoms with Crippen LogP contribution in [-0.4, -0.2) is 17.4 Å². The van der Waals surface area contributed by atoms with Crippen LogP contribution in [0.15, 0.2) is 42.5 Å². The van der Waals surface area contributed by atoms with Gasteiger partial charge in [0.2, 0.25) is 0 Å². The molecule has 2 N–H and O–H groups in total. The zero-order chi connectivity index (χ0) is 16.6. The summed E-state index contributed by atoms with van der Waals surface area (Å²) in [7, 11) is 0. The van der Waals surface area contributed by atoms with E-state index in [2.05, 4.69) is 10.6 Å². The summed E-state index contributed by atoms with van der Waals surface area (Å²) in [6, 6.07) is 12.1.